The van der Waals surface area contributed by atoms with Gasteiger partial charge >= 0.3 is 12.1 Å². The van der Waals surface area contributed by atoms with Crippen molar-refractivity contribution in [3.8, 4) is 33.5 Å². The fourth-order valence-electron chi connectivity index (χ4n) is 5.56. The minimum Gasteiger partial charge on any atom is -0.456 e. The molecule has 1 aromatic heterocycles. The third-order valence-corrected chi connectivity index (χ3v) is 7.61. The van der Waals surface area contributed by atoms with Crippen LogP contribution in [0.2, 0.25) is 0 Å². The number of halogens is 3. The molecule has 0 saturated heterocycles. The maximum Gasteiger partial charge on any atom is 0.416 e. The molecule has 0 radical (unpaired) electrons. The van der Waals surface area contributed by atoms with Crippen LogP contribution in [0.3, 0.4) is 0 Å². The summed E-state index contributed by atoms with van der Waals surface area (Å²) in [6, 6.07) is 30.7. The number of hydrogen-bond donors (Lipinski definition) is 2. The molecule has 0 bridgehead atoms. The molecule has 0 fully saturated rings. The largest absolute Gasteiger partial charge is 0.456 e. The van der Waals surface area contributed by atoms with Crippen LogP contribution in [0, 0.1) is 0 Å². The van der Waals surface area contributed by atoms with Gasteiger partial charge in [-0.1, -0.05) is 91.0 Å². The summed E-state index contributed by atoms with van der Waals surface area (Å²) in [4.78, 5) is 12.9. The quantitative estimate of drug-likeness (QED) is 0.225. The molecule has 0 spiro atoms. The minimum absolute atomic E-state index is 0.182. The average molecular weight is 550 g/mol. The lowest BCUT2D eigenvalue weighted by Gasteiger charge is -2.25. The Kier molecular flexibility index (Phi) is 5.78. The van der Waals surface area contributed by atoms with Crippen LogP contribution < -0.4 is 5.32 Å². The van der Waals surface area contributed by atoms with Gasteiger partial charge in [-0.25, -0.2) is 4.79 Å². The lowest BCUT2D eigenvalue weighted by Crippen LogP contribution is -2.19. The summed E-state index contributed by atoms with van der Waals surface area (Å²) in [5.41, 5.74) is 7.75. The molecule has 0 amide bonds. The van der Waals surface area contributed by atoms with Crippen molar-refractivity contribution in [3.63, 3.8) is 0 Å². The van der Waals surface area contributed by atoms with Gasteiger partial charge in [0.05, 0.1) is 22.5 Å². The van der Waals surface area contributed by atoms with Crippen LogP contribution >= 0.6 is 0 Å². The van der Waals surface area contributed by atoms with Gasteiger partial charge < -0.3 is 10.1 Å². The second-order valence-electron chi connectivity index (χ2n) is 10.0. The number of esters is 1. The first-order chi connectivity index (χ1) is 19.9. The first-order valence-electron chi connectivity index (χ1n) is 13.1. The molecule has 8 heteroatoms. The maximum absolute atomic E-state index is 12.9. The third kappa shape index (κ3) is 4.37. The standard InChI is InChI=1S/C33H22F3N3O2/c34-33(35,36)25-16-14-22(15-17-25)20-8-6-19(7-9-20)21-10-12-23(13-11-21)27-28-26(18-41-32(28)40)37-31-29(27)30(38-39-31)24-4-2-1-3-5-24/h1-17,27H,18H2,(H2,37,38,39). The molecule has 5 aromatic rings. The molecule has 2 N–H and O–H groups in total. The van der Waals surface area contributed by atoms with Gasteiger partial charge in [-0.3, -0.25) is 5.10 Å². The normalized spacial score (nSPS) is 16.2. The van der Waals surface area contributed by atoms with E-state index in [0.717, 1.165) is 56.9 Å². The SMILES string of the molecule is O=C1OCC2=C1C(c1ccc(-c3ccc(-c4ccc(C(F)(F)F)cc4)cc3)cc1)c1c(n[nH]c1-c1ccccc1)N2. The summed E-state index contributed by atoms with van der Waals surface area (Å²) in [6.45, 7) is 0.182. The zero-order valence-corrected chi connectivity index (χ0v) is 21.5. The van der Waals surface area contributed by atoms with Crippen molar-refractivity contribution >= 4 is 11.8 Å². The highest BCUT2D eigenvalue weighted by Crippen LogP contribution is 2.47. The number of nitrogens with zero attached hydrogens (tertiary/aromatic N) is 1. The number of nitrogens with one attached hydrogen (secondary N) is 2. The first-order valence-corrected chi connectivity index (χ1v) is 13.1. The highest BCUT2D eigenvalue weighted by Gasteiger charge is 2.41. The second-order valence-corrected chi connectivity index (χ2v) is 10.0. The van der Waals surface area contributed by atoms with Crippen LogP contribution in [0.4, 0.5) is 19.0 Å². The van der Waals surface area contributed by atoms with Crippen molar-refractivity contribution in [3.05, 3.63) is 131 Å². The number of H-pyrrole nitrogens is 1. The predicted octanol–water partition coefficient (Wildman–Crippen LogP) is 7.80. The Labute approximate surface area is 233 Å². The van der Waals surface area contributed by atoms with Crippen molar-refractivity contribution in [2.45, 2.75) is 12.1 Å². The number of fused-ring (bicyclic) bond motifs is 1. The predicted molar refractivity (Wildman–Crippen MR) is 150 cm³/mol. The van der Waals surface area contributed by atoms with Crippen LogP contribution in [0.25, 0.3) is 33.5 Å². The number of rotatable bonds is 4. The molecule has 0 saturated carbocycles. The van der Waals surface area contributed by atoms with Gasteiger partial charge in [0.2, 0.25) is 0 Å². The van der Waals surface area contributed by atoms with Crippen molar-refractivity contribution in [2.75, 3.05) is 11.9 Å². The summed E-state index contributed by atoms with van der Waals surface area (Å²) in [5, 5.41) is 11.0. The van der Waals surface area contributed by atoms with E-state index < -0.39 is 11.7 Å². The van der Waals surface area contributed by atoms with Gasteiger partial charge in [0, 0.05) is 11.5 Å². The summed E-state index contributed by atoms with van der Waals surface area (Å²) < 4.78 is 44.1. The number of cyclic esters (lactones) is 1. The Balaban J connectivity index is 1.21. The molecule has 0 aliphatic carbocycles. The maximum atomic E-state index is 12.9. The average Bonchev–Trinajstić information content (AvgIpc) is 3.60. The topological polar surface area (TPSA) is 67.0 Å². The van der Waals surface area contributed by atoms with Crippen LogP contribution in [0.5, 0.6) is 0 Å². The Morgan fingerprint density at radius 2 is 1.29 bits per heavy atom. The molecular weight excluding hydrogens is 527 g/mol. The van der Waals surface area contributed by atoms with Crippen LogP contribution in [0.15, 0.2) is 114 Å². The number of aromatic nitrogens is 2. The van der Waals surface area contributed by atoms with Crippen molar-refractivity contribution in [2.24, 2.45) is 0 Å². The number of ether oxygens (including phenoxy) is 1. The van der Waals surface area contributed by atoms with Gasteiger partial charge in [0.15, 0.2) is 5.82 Å². The number of aromatic amines is 1. The third-order valence-electron chi connectivity index (χ3n) is 7.61. The fourth-order valence-corrected chi connectivity index (χ4v) is 5.56. The van der Waals surface area contributed by atoms with E-state index in [1.165, 1.54) is 12.1 Å². The van der Waals surface area contributed by atoms with Crippen molar-refractivity contribution < 1.29 is 22.7 Å². The Hall–Kier alpha value is -5.11. The number of hydrogen-bond acceptors (Lipinski definition) is 4. The van der Waals surface area contributed by atoms with Crippen molar-refractivity contribution in [1.82, 2.24) is 10.2 Å². The minimum atomic E-state index is -4.36. The van der Waals surface area contributed by atoms with Gasteiger partial charge in [0.1, 0.15) is 6.61 Å². The van der Waals surface area contributed by atoms with E-state index in [0.29, 0.717) is 17.0 Å². The monoisotopic (exact) mass is 549 g/mol. The molecule has 1 unspecified atom stereocenters. The molecule has 202 valence electrons. The lowest BCUT2D eigenvalue weighted by molar-refractivity contribution is -0.138. The van der Waals surface area contributed by atoms with E-state index in [2.05, 4.69) is 15.5 Å². The summed E-state index contributed by atoms with van der Waals surface area (Å²) >= 11 is 0. The summed E-state index contributed by atoms with van der Waals surface area (Å²) in [7, 11) is 0. The van der Waals surface area contributed by atoms with Crippen LogP contribution in [0.1, 0.15) is 22.6 Å². The zero-order valence-electron chi connectivity index (χ0n) is 21.5. The number of anilines is 1. The van der Waals surface area contributed by atoms with E-state index in [1.54, 1.807) is 0 Å². The van der Waals surface area contributed by atoms with E-state index in [-0.39, 0.29) is 18.5 Å². The molecule has 41 heavy (non-hydrogen) atoms. The van der Waals surface area contributed by atoms with Gasteiger partial charge in [0.25, 0.3) is 0 Å². The summed E-state index contributed by atoms with van der Waals surface area (Å²) in [5.74, 6) is -0.0265. The van der Waals surface area contributed by atoms with Gasteiger partial charge in [-0.05, 0) is 45.5 Å². The van der Waals surface area contributed by atoms with Gasteiger partial charge in [-0.2, -0.15) is 18.3 Å². The number of carbonyl (C=O) groups is 1. The van der Waals surface area contributed by atoms with Crippen LogP contribution in [-0.2, 0) is 15.7 Å². The summed E-state index contributed by atoms with van der Waals surface area (Å²) in [6.07, 6.45) is -4.36. The van der Waals surface area contributed by atoms with E-state index >= 15 is 0 Å². The molecule has 3 heterocycles. The van der Waals surface area contributed by atoms with E-state index in [4.69, 9.17) is 4.74 Å². The zero-order chi connectivity index (χ0) is 28.1. The number of carbonyl (C=O) groups excluding carboxylic acids is 1. The highest BCUT2D eigenvalue weighted by atomic mass is 19.4. The second kappa shape index (κ2) is 9.52. The number of benzene rings is 4. The Bertz CT molecular complexity index is 1790. The van der Waals surface area contributed by atoms with Crippen molar-refractivity contribution in [1.29, 1.82) is 0 Å². The smallest absolute Gasteiger partial charge is 0.416 e. The molecular formula is C33H22F3N3O2. The Morgan fingerprint density at radius 1 is 0.732 bits per heavy atom. The molecule has 2 aliphatic rings. The van der Waals surface area contributed by atoms with Gasteiger partial charge in [-0.15, -0.1) is 0 Å². The fraction of sp³-hybridized carbons (Fsp3) is 0.0909. The molecule has 5 nitrogen and oxygen atoms in total. The lowest BCUT2D eigenvalue weighted by atomic mass is 9.80. The Morgan fingerprint density at radius 3 is 1.88 bits per heavy atom. The molecule has 7 rings (SSSR count). The highest BCUT2D eigenvalue weighted by molar-refractivity contribution is 5.98. The van der Waals surface area contributed by atoms with E-state index in [1.807, 2.05) is 78.9 Å². The first kappa shape index (κ1) is 24.9. The number of alkyl halides is 3. The van der Waals surface area contributed by atoms with Crippen LogP contribution in [-0.4, -0.2) is 22.8 Å². The molecule has 1 atom stereocenters. The molecule has 4 aromatic carbocycles. The van der Waals surface area contributed by atoms with E-state index in [9.17, 15) is 18.0 Å². The molecule has 2 aliphatic heterocycles.